The SMILES string of the molecule is CCN(CC)C(=O)c1c(C)nc2sc3c(c2c1-c1ccccc1)CCCC3. The number of carbonyl (C=O) groups is 1. The van der Waals surface area contributed by atoms with Gasteiger partial charge >= 0.3 is 0 Å². The largest absolute Gasteiger partial charge is 0.339 e. The Hall–Kier alpha value is -2.20. The van der Waals surface area contributed by atoms with Crippen molar-refractivity contribution in [3.05, 3.63) is 52.0 Å². The molecule has 0 aliphatic heterocycles. The van der Waals surface area contributed by atoms with Gasteiger partial charge in [0.1, 0.15) is 4.83 Å². The van der Waals surface area contributed by atoms with Gasteiger partial charge in [0.05, 0.1) is 11.3 Å². The quantitative estimate of drug-likeness (QED) is 0.589. The number of rotatable bonds is 4. The molecule has 1 aliphatic rings. The molecule has 27 heavy (non-hydrogen) atoms. The highest BCUT2D eigenvalue weighted by molar-refractivity contribution is 7.19. The molecular formula is C23H26N2OS. The van der Waals surface area contributed by atoms with E-state index in [1.54, 1.807) is 0 Å². The van der Waals surface area contributed by atoms with Crippen LogP contribution in [0.25, 0.3) is 21.3 Å². The van der Waals surface area contributed by atoms with Gasteiger partial charge in [0, 0.05) is 28.9 Å². The van der Waals surface area contributed by atoms with Crippen molar-refractivity contribution < 1.29 is 4.79 Å². The Kier molecular flexibility index (Phi) is 5.00. The van der Waals surface area contributed by atoms with E-state index in [1.807, 2.05) is 43.1 Å². The van der Waals surface area contributed by atoms with Crippen molar-refractivity contribution in [1.82, 2.24) is 9.88 Å². The van der Waals surface area contributed by atoms with Crippen molar-refractivity contribution >= 4 is 27.5 Å². The number of benzene rings is 1. The molecule has 4 heteroatoms. The van der Waals surface area contributed by atoms with Gasteiger partial charge in [-0.15, -0.1) is 11.3 Å². The number of aryl methyl sites for hydroxylation is 3. The summed E-state index contributed by atoms with van der Waals surface area (Å²) in [7, 11) is 0. The van der Waals surface area contributed by atoms with E-state index < -0.39 is 0 Å². The molecule has 3 nitrogen and oxygen atoms in total. The third-order valence-corrected chi connectivity index (χ3v) is 6.80. The fraction of sp³-hybridized carbons (Fsp3) is 0.391. The van der Waals surface area contributed by atoms with Crippen molar-refractivity contribution in [2.75, 3.05) is 13.1 Å². The first-order chi connectivity index (χ1) is 13.2. The molecule has 2 aromatic heterocycles. The zero-order valence-electron chi connectivity index (χ0n) is 16.3. The van der Waals surface area contributed by atoms with Crippen LogP contribution < -0.4 is 0 Å². The Morgan fingerprint density at radius 3 is 2.52 bits per heavy atom. The monoisotopic (exact) mass is 378 g/mol. The van der Waals surface area contributed by atoms with Gasteiger partial charge in [0.2, 0.25) is 0 Å². The van der Waals surface area contributed by atoms with Crippen molar-refractivity contribution in [2.24, 2.45) is 0 Å². The maximum absolute atomic E-state index is 13.4. The van der Waals surface area contributed by atoms with Crippen molar-refractivity contribution in [1.29, 1.82) is 0 Å². The number of amides is 1. The van der Waals surface area contributed by atoms with E-state index in [4.69, 9.17) is 4.98 Å². The Labute approximate surface area is 165 Å². The van der Waals surface area contributed by atoms with Gasteiger partial charge in [0.15, 0.2) is 0 Å². The maximum Gasteiger partial charge on any atom is 0.256 e. The average Bonchev–Trinajstić information content (AvgIpc) is 3.06. The van der Waals surface area contributed by atoms with Crippen LogP contribution in [0.3, 0.4) is 0 Å². The molecule has 3 aromatic rings. The number of hydrogen-bond acceptors (Lipinski definition) is 3. The van der Waals surface area contributed by atoms with E-state index in [-0.39, 0.29) is 5.91 Å². The second-order valence-electron chi connectivity index (χ2n) is 7.18. The third-order valence-electron chi connectivity index (χ3n) is 5.61. The molecule has 0 N–H and O–H groups in total. The van der Waals surface area contributed by atoms with Gasteiger partial charge in [-0.3, -0.25) is 4.79 Å². The number of hydrogen-bond donors (Lipinski definition) is 0. The predicted molar refractivity (Wildman–Crippen MR) is 114 cm³/mol. The summed E-state index contributed by atoms with van der Waals surface area (Å²) in [6.07, 6.45) is 4.72. The minimum atomic E-state index is 0.0986. The van der Waals surface area contributed by atoms with E-state index in [0.717, 1.165) is 40.1 Å². The van der Waals surface area contributed by atoms with Crippen LogP contribution in [-0.2, 0) is 12.8 Å². The Bertz CT molecular complexity index is 987. The Morgan fingerprint density at radius 2 is 1.81 bits per heavy atom. The highest BCUT2D eigenvalue weighted by atomic mass is 32.1. The van der Waals surface area contributed by atoms with Crippen molar-refractivity contribution in [2.45, 2.75) is 46.5 Å². The first-order valence-electron chi connectivity index (χ1n) is 9.95. The lowest BCUT2D eigenvalue weighted by atomic mass is 9.89. The van der Waals surface area contributed by atoms with E-state index in [2.05, 4.69) is 24.3 Å². The van der Waals surface area contributed by atoms with Crippen LogP contribution in [0.15, 0.2) is 30.3 Å². The Balaban J connectivity index is 2.07. The number of carbonyl (C=O) groups excluding carboxylic acids is 1. The van der Waals surface area contributed by atoms with Crippen LogP contribution in [0.5, 0.6) is 0 Å². The van der Waals surface area contributed by atoms with E-state index in [9.17, 15) is 4.79 Å². The first kappa shape index (κ1) is 18.2. The lowest BCUT2D eigenvalue weighted by molar-refractivity contribution is 0.0772. The molecule has 0 spiro atoms. The molecule has 1 aliphatic carbocycles. The molecule has 1 amide bonds. The van der Waals surface area contributed by atoms with Gasteiger partial charge in [0.25, 0.3) is 5.91 Å². The molecule has 2 heterocycles. The molecule has 0 saturated heterocycles. The fourth-order valence-corrected chi connectivity index (χ4v) is 5.54. The van der Waals surface area contributed by atoms with Crippen LogP contribution in [0, 0.1) is 6.92 Å². The van der Waals surface area contributed by atoms with Crippen LogP contribution in [0.2, 0.25) is 0 Å². The molecule has 0 fully saturated rings. The van der Waals surface area contributed by atoms with E-state index >= 15 is 0 Å². The second kappa shape index (κ2) is 7.43. The molecule has 1 aromatic carbocycles. The summed E-state index contributed by atoms with van der Waals surface area (Å²) in [6, 6.07) is 10.4. The number of nitrogens with zero attached hydrogens (tertiary/aromatic N) is 2. The number of aromatic nitrogens is 1. The summed E-state index contributed by atoms with van der Waals surface area (Å²) in [5, 5.41) is 1.22. The summed E-state index contributed by atoms with van der Waals surface area (Å²) < 4.78 is 0. The van der Waals surface area contributed by atoms with Crippen LogP contribution in [-0.4, -0.2) is 28.9 Å². The summed E-state index contributed by atoms with van der Waals surface area (Å²) in [6.45, 7) is 7.49. The van der Waals surface area contributed by atoms with Crippen molar-refractivity contribution in [3.63, 3.8) is 0 Å². The lowest BCUT2D eigenvalue weighted by Crippen LogP contribution is -2.31. The molecular weight excluding hydrogens is 352 g/mol. The van der Waals surface area contributed by atoms with Gasteiger partial charge < -0.3 is 4.90 Å². The van der Waals surface area contributed by atoms with Crippen LogP contribution >= 0.6 is 11.3 Å². The van der Waals surface area contributed by atoms with Crippen LogP contribution in [0.1, 0.15) is 53.2 Å². The highest BCUT2D eigenvalue weighted by Gasteiger charge is 2.27. The fourth-order valence-electron chi connectivity index (χ4n) is 4.23. The smallest absolute Gasteiger partial charge is 0.256 e. The van der Waals surface area contributed by atoms with Gasteiger partial charge in [-0.2, -0.15) is 0 Å². The summed E-state index contributed by atoms with van der Waals surface area (Å²) >= 11 is 1.83. The topological polar surface area (TPSA) is 33.2 Å². The van der Waals surface area contributed by atoms with Gasteiger partial charge in [-0.1, -0.05) is 30.3 Å². The summed E-state index contributed by atoms with van der Waals surface area (Å²) in [4.78, 5) is 22.8. The summed E-state index contributed by atoms with van der Waals surface area (Å²) in [5.74, 6) is 0.0986. The molecule has 0 saturated carbocycles. The highest BCUT2D eigenvalue weighted by Crippen LogP contribution is 2.43. The number of pyridine rings is 1. The minimum Gasteiger partial charge on any atom is -0.339 e. The molecule has 0 atom stereocenters. The molecule has 0 unspecified atom stereocenters. The molecule has 0 radical (unpaired) electrons. The first-order valence-corrected chi connectivity index (χ1v) is 10.8. The van der Waals surface area contributed by atoms with Gasteiger partial charge in [-0.05, 0) is 57.6 Å². The van der Waals surface area contributed by atoms with E-state index in [1.165, 1.54) is 28.7 Å². The number of fused-ring (bicyclic) bond motifs is 3. The predicted octanol–water partition coefficient (Wildman–Crippen LogP) is 5.63. The van der Waals surface area contributed by atoms with Crippen LogP contribution in [0.4, 0.5) is 0 Å². The maximum atomic E-state index is 13.4. The molecule has 4 rings (SSSR count). The lowest BCUT2D eigenvalue weighted by Gasteiger charge is -2.23. The molecule has 0 bridgehead atoms. The second-order valence-corrected chi connectivity index (χ2v) is 8.27. The normalized spacial score (nSPS) is 13.6. The van der Waals surface area contributed by atoms with Gasteiger partial charge in [-0.25, -0.2) is 4.98 Å². The summed E-state index contributed by atoms with van der Waals surface area (Å²) in [5.41, 5.74) is 5.27. The Morgan fingerprint density at radius 1 is 1.11 bits per heavy atom. The zero-order chi connectivity index (χ0) is 19.0. The number of thiophene rings is 1. The zero-order valence-corrected chi connectivity index (χ0v) is 17.2. The van der Waals surface area contributed by atoms with E-state index in [0.29, 0.717) is 13.1 Å². The van der Waals surface area contributed by atoms with Crippen molar-refractivity contribution in [3.8, 4) is 11.1 Å². The minimum absolute atomic E-state index is 0.0986. The molecule has 140 valence electrons. The average molecular weight is 379 g/mol. The third kappa shape index (κ3) is 3.06. The standard InChI is InChI=1S/C23H26N2OS/c1-4-25(5-2)23(26)19-15(3)24-22-21(17-13-9-10-14-18(17)27-22)20(19)16-11-7-6-8-12-16/h6-8,11-12H,4-5,9-10,13-14H2,1-3H3.